The van der Waals surface area contributed by atoms with Crippen LogP contribution >= 0.6 is 24.8 Å². The molecule has 0 amide bonds. The van der Waals surface area contributed by atoms with Crippen LogP contribution in [0.2, 0.25) is 0 Å². The summed E-state index contributed by atoms with van der Waals surface area (Å²) in [6, 6.07) is 3.66. The number of likely N-dealkylation sites (N-methyl/N-ethyl adjacent to an activating group) is 1. The molecular formula is C11H18Cl2N2O2. The van der Waals surface area contributed by atoms with Gasteiger partial charge in [0.15, 0.2) is 5.72 Å². The summed E-state index contributed by atoms with van der Waals surface area (Å²) in [5.74, 6) is 0.700. The van der Waals surface area contributed by atoms with Gasteiger partial charge in [0.05, 0.1) is 6.20 Å². The molecule has 1 aliphatic heterocycles. The minimum absolute atomic E-state index is 0. The van der Waals surface area contributed by atoms with Crippen LogP contribution < -0.4 is 4.74 Å². The van der Waals surface area contributed by atoms with Crippen LogP contribution in [0, 0.1) is 0 Å². The third-order valence-electron chi connectivity index (χ3n) is 2.89. The molecule has 1 fully saturated rings. The third-order valence-corrected chi connectivity index (χ3v) is 2.89. The molecule has 2 heterocycles. The molecule has 0 saturated carbocycles. The van der Waals surface area contributed by atoms with Crippen LogP contribution in [0.15, 0.2) is 24.5 Å². The van der Waals surface area contributed by atoms with E-state index in [2.05, 4.69) is 4.98 Å². The second kappa shape index (κ2) is 7.01. The average Bonchev–Trinajstić information content (AvgIpc) is 2.59. The molecule has 4 nitrogen and oxygen atoms in total. The zero-order valence-corrected chi connectivity index (χ0v) is 11.3. The molecule has 0 aliphatic carbocycles. The Morgan fingerprint density at radius 3 is 2.82 bits per heavy atom. The van der Waals surface area contributed by atoms with Crippen LogP contribution in [0.5, 0.6) is 5.75 Å². The van der Waals surface area contributed by atoms with E-state index in [-0.39, 0.29) is 24.8 Å². The first-order chi connectivity index (χ1) is 7.21. The first kappa shape index (κ1) is 16.4. The molecule has 0 bridgehead atoms. The summed E-state index contributed by atoms with van der Waals surface area (Å²) in [6.07, 6.45) is 5.13. The monoisotopic (exact) mass is 280 g/mol. The van der Waals surface area contributed by atoms with Crippen LogP contribution in [-0.4, -0.2) is 40.9 Å². The molecule has 1 aromatic rings. The lowest BCUT2D eigenvalue weighted by Crippen LogP contribution is -2.46. The molecule has 2 rings (SSSR count). The number of hydrogen-bond acceptors (Lipinski definition) is 4. The van der Waals surface area contributed by atoms with Gasteiger partial charge in [0.25, 0.3) is 0 Å². The number of halogens is 2. The standard InChI is InChI=1S/C11H16N2O2.2ClH/c1-13-7-3-5-11(13,14)9-15-10-4-2-6-12-8-10;;/h2,4,6,8,14H,3,5,7,9H2,1H3;2*1H/t11-;;/m0../s1. The maximum atomic E-state index is 10.2. The lowest BCUT2D eigenvalue weighted by molar-refractivity contribution is -0.0960. The number of aromatic nitrogens is 1. The maximum absolute atomic E-state index is 10.2. The highest BCUT2D eigenvalue weighted by Crippen LogP contribution is 2.25. The maximum Gasteiger partial charge on any atom is 0.152 e. The van der Waals surface area contributed by atoms with E-state index in [4.69, 9.17) is 4.74 Å². The minimum atomic E-state index is -0.810. The van der Waals surface area contributed by atoms with Gasteiger partial charge in [0, 0.05) is 12.7 Å². The summed E-state index contributed by atoms with van der Waals surface area (Å²) < 4.78 is 5.51. The number of likely N-dealkylation sites (tertiary alicyclic amines) is 1. The lowest BCUT2D eigenvalue weighted by atomic mass is 10.2. The summed E-state index contributed by atoms with van der Waals surface area (Å²) >= 11 is 0. The van der Waals surface area contributed by atoms with Gasteiger partial charge in [-0.15, -0.1) is 24.8 Å². The molecule has 0 spiro atoms. The highest BCUT2D eigenvalue weighted by atomic mass is 35.5. The molecule has 98 valence electrons. The Morgan fingerprint density at radius 2 is 2.29 bits per heavy atom. The fraction of sp³-hybridized carbons (Fsp3) is 0.545. The Balaban J connectivity index is 0.00000128. The number of hydrogen-bond donors (Lipinski definition) is 1. The van der Waals surface area contributed by atoms with E-state index < -0.39 is 5.72 Å². The van der Waals surface area contributed by atoms with Gasteiger partial charge in [-0.25, -0.2) is 0 Å². The molecule has 6 heteroatoms. The van der Waals surface area contributed by atoms with Crippen molar-refractivity contribution in [2.75, 3.05) is 20.2 Å². The highest BCUT2D eigenvalue weighted by molar-refractivity contribution is 5.85. The SMILES string of the molecule is CN1CCC[C@]1(O)COc1cccnc1.Cl.Cl. The van der Waals surface area contributed by atoms with E-state index in [1.54, 1.807) is 12.4 Å². The van der Waals surface area contributed by atoms with E-state index in [1.807, 2.05) is 24.1 Å². The molecule has 1 saturated heterocycles. The first-order valence-electron chi connectivity index (χ1n) is 5.17. The molecule has 1 aromatic heterocycles. The van der Waals surface area contributed by atoms with Crippen LogP contribution in [0.25, 0.3) is 0 Å². The molecule has 1 atom stereocenters. The Hall–Kier alpha value is -0.550. The van der Waals surface area contributed by atoms with Crippen molar-refractivity contribution in [2.24, 2.45) is 0 Å². The molecular weight excluding hydrogens is 263 g/mol. The highest BCUT2D eigenvalue weighted by Gasteiger charge is 2.37. The predicted octanol–water partition coefficient (Wildman–Crippen LogP) is 1.72. The van der Waals surface area contributed by atoms with Gasteiger partial charge in [-0.05, 0) is 32.0 Å². The topological polar surface area (TPSA) is 45.6 Å². The zero-order valence-electron chi connectivity index (χ0n) is 9.70. The number of rotatable bonds is 3. The lowest BCUT2D eigenvalue weighted by Gasteiger charge is -2.30. The predicted molar refractivity (Wildman–Crippen MR) is 71.0 cm³/mol. The van der Waals surface area contributed by atoms with Gasteiger partial charge < -0.3 is 9.84 Å². The number of aliphatic hydroxyl groups is 1. The average molecular weight is 281 g/mol. The van der Waals surface area contributed by atoms with Crippen LogP contribution in [0.3, 0.4) is 0 Å². The second-order valence-corrected chi connectivity index (χ2v) is 3.98. The quantitative estimate of drug-likeness (QED) is 0.916. The van der Waals surface area contributed by atoms with E-state index in [9.17, 15) is 5.11 Å². The molecule has 1 N–H and O–H groups in total. The van der Waals surface area contributed by atoms with Crippen molar-refractivity contribution in [1.82, 2.24) is 9.88 Å². The first-order valence-corrected chi connectivity index (χ1v) is 5.17. The summed E-state index contributed by atoms with van der Waals surface area (Å²) in [6.45, 7) is 1.22. The van der Waals surface area contributed by atoms with Crippen molar-refractivity contribution < 1.29 is 9.84 Å². The van der Waals surface area contributed by atoms with Crippen LogP contribution in [0.1, 0.15) is 12.8 Å². The van der Waals surface area contributed by atoms with Gasteiger partial charge in [0.2, 0.25) is 0 Å². The minimum Gasteiger partial charge on any atom is -0.488 e. The molecule has 0 radical (unpaired) electrons. The van der Waals surface area contributed by atoms with Gasteiger partial charge >= 0.3 is 0 Å². The van der Waals surface area contributed by atoms with Gasteiger partial charge in [-0.3, -0.25) is 9.88 Å². The van der Waals surface area contributed by atoms with Crippen molar-refractivity contribution in [1.29, 1.82) is 0 Å². The summed E-state index contributed by atoms with van der Waals surface area (Å²) in [5.41, 5.74) is -0.810. The van der Waals surface area contributed by atoms with E-state index in [0.29, 0.717) is 12.4 Å². The van der Waals surface area contributed by atoms with Crippen molar-refractivity contribution in [3.8, 4) is 5.75 Å². The second-order valence-electron chi connectivity index (χ2n) is 3.98. The Labute approximate surface area is 114 Å². The Kier molecular flexibility index (Phi) is 6.78. The number of ether oxygens (including phenoxy) is 1. The zero-order chi connectivity index (χ0) is 10.7. The van der Waals surface area contributed by atoms with Crippen molar-refractivity contribution >= 4 is 24.8 Å². The largest absolute Gasteiger partial charge is 0.488 e. The molecule has 17 heavy (non-hydrogen) atoms. The van der Waals surface area contributed by atoms with Gasteiger partial charge in [-0.2, -0.15) is 0 Å². The Morgan fingerprint density at radius 1 is 1.53 bits per heavy atom. The smallest absolute Gasteiger partial charge is 0.152 e. The van der Waals surface area contributed by atoms with E-state index >= 15 is 0 Å². The normalized spacial score (nSPS) is 23.6. The van der Waals surface area contributed by atoms with Crippen LogP contribution in [-0.2, 0) is 0 Å². The van der Waals surface area contributed by atoms with Crippen molar-refractivity contribution in [2.45, 2.75) is 18.6 Å². The van der Waals surface area contributed by atoms with Crippen molar-refractivity contribution in [3.63, 3.8) is 0 Å². The Bertz CT molecular complexity index is 327. The third kappa shape index (κ3) is 4.00. The fourth-order valence-corrected chi connectivity index (χ4v) is 1.81. The van der Waals surface area contributed by atoms with Crippen LogP contribution in [0.4, 0.5) is 0 Å². The summed E-state index contributed by atoms with van der Waals surface area (Å²) in [7, 11) is 1.92. The molecule has 0 unspecified atom stereocenters. The number of nitrogens with zero attached hydrogens (tertiary/aromatic N) is 2. The van der Waals surface area contributed by atoms with E-state index in [1.165, 1.54) is 0 Å². The summed E-state index contributed by atoms with van der Waals surface area (Å²) in [4.78, 5) is 5.89. The molecule has 1 aliphatic rings. The fourth-order valence-electron chi connectivity index (χ4n) is 1.81. The van der Waals surface area contributed by atoms with Gasteiger partial charge in [0.1, 0.15) is 12.4 Å². The van der Waals surface area contributed by atoms with Crippen molar-refractivity contribution in [3.05, 3.63) is 24.5 Å². The number of pyridine rings is 1. The summed E-state index contributed by atoms with van der Waals surface area (Å²) in [5, 5.41) is 10.2. The van der Waals surface area contributed by atoms with Gasteiger partial charge in [-0.1, -0.05) is 0 Å². The molecule has 0 aromatic carbocycles. The van der Waals surface area contributed by atoms with E-state index in [0.717, 1.165) is 19.4 Å².